The van der Waals surface area contributed by atoms with Gasteiger partial charge in [-0.2, -0.15) is 0 Å². The molecule has 0 bridgehead atoms. The van der Waals surface area contributed by atoms with Gasteiger partial charge in [-0.15, -0.1) is 0 Å². The van der Waals surface area contributed by atoms with Crippen molar-refractivity contribution in [3.63, 3.8) is 0 Å². The molecular formula is C5H10N2O3S. The summed E-state index contributed by atoms with van der Waals surface area (Å²) in [6, 6.07) is 0.00634. The minimum atomic E-state index is -3.25. The van der Waals surface area contributed by atoms with E-state index in [0.29, 0.717) is 0 Å². The molecule has 1 heterocycles. The average molecular weight is 178 g/mol. The Morgan fingerprint density at radius 2 is 2.55 bits per heavy atom. The van der Waals surface area contributed by atoms with Crippen LogP contribution in [0.2, 0.25) is 0 Å². The molecule has 6 heteroatoms. The number of aromatic nitrogens is 1. The molecule has 0 saturated carbocycles. The molecule has 1 aromatic heterocycles. The van der Waals surface area contributed by atoms with Gasteiger partial charge >= 0.3 is 6.01 Å². The van der Waals surface area contributed by atoms with Crippen molar-refractivity contribution in [3.8, 4) is 0 Å². The van der Waals surface area contributed by atoms with Gasteiger partial charge in [0.05, 0.1) is 11.9 Å². The van der Waals surface area contributed by atoms with Gasteiger partial charge in [0, 0.05) is 1.43 Å². The van der Waals surface area contributed by atoms with Crippen LogP contribution in [-0.4, -0.2) is 19.2 Å². The van der Waals surface area contributed by atoms with Crippen molar-refractivity contribution >= 4 is 16.0 Å². The average Bonchev–Trinajstić information content (AvgIpc) is 2.39. The standard InChI is InChI=1S/C5H8N2O3S.H2/c1-2-11(8,9)7-5-6-3-4-10-5;/h3-4H,2H2,1H3,(H,6,7);1H. The van der Waals surface area contributed by atoms with Crippen LogP contribution in [0.25, 0.3) is 0 Å². The predicted molar refractivity (Wildman–Crippen MR) is 41.7 cm³/mol. The van der Waals surface area contributed by atoms with Crippen LogP contribution >= 0.6 is 0 Å². The van der Waals surface area contributed by atoms with Crippen molar-refractivity contribution in [2.75, 3.05) is 10.5 Å². The molecule has 0 aliphatic rings. The van der Waals surface area contributed by atoms with E-state index in [1.54, 1.807) is 0 Å². The lowest BCUT2D eigenvalue weighted by molar-refractivity contribution is 0.570. The van der Waals surface area contributed by atoms with E-state index < -0.39 is 10.0 Å². The van der Waals surface area contributed by atoms with Crippen LogP contribution in [0.4, 0.5) is 6.01 Å². The van der Waals surface area contributed by atoms with E-state index in [-0.39, 0.29) is 13.2 Å². The van der Waals surface area contributed by atoms with Crippen LogP contribution < -0.4 is 4.72 Å². The van der Waals surface area contributed by atoms with E-state index in [0.717, 1.165) is 0 Å². The number of nitrogens with zero attached hydrogens (tertiary/aromatic N) is 1. The fourth-order valence-corrected chi connectivity index (χ4v) is 0.990. The Labute approximate surface area is 66.0 Å². The van der Waals surface area contributed by atoms with E-state index in [9.17, 15) is 8.42 Å². The lowest BCUT2D eigenvalue weighted by Gasteiger charge is -1.98. The highest BCUT2D eigenvalue weighted by atomic mass is 32.2. The zero-order chi connectivity index (χ0) is 8.32. The Kier molecular flexibility index (Phi) is 2.13. The number of hydrogen-bond acceptors (Lipinski definition) is 4. The zero-order valence-electron chi connectivity index (χ0n) is 5.94. The third-order valence-corrected chi connectivity index (χ3v) is 2.30. The smallest absolute Gasteiger partial charge is 0.308 e. The van der Waals surface area contributed by atoms with E-state index in [4.69, 9.17) is 0 Å². The molecular weight excluding hydrogens is 168 g/mol. The molecule has 5 nitrogen and oxygen atoms in total. The molecule has 0 aliphatic carbocycles. The second kappa shape index (κ2) is 2.91. The second-order valence-corrected chi connectivity index (χ2v) is 3.85. The van der Waals surface area contributed by atoms with Crippen LogP contribution in [0.3, 0.4) is 0 Å². The minimum Gasteiger partial charge on any atom is -0.432 e. The zero-order valence-corrected chi connectivity index (χ0v) is 6.76. The fraction of sp³-hybridized carbons (Fsp3) is 0.400. The summed E-state index contributed by atoms with van der Waals surface area (Å²) in [6.45, 7) is 1.53. The second-order valence-electron chi connectivity index (χ2n) is 1.84. The highest BCUT2D eigenvalue weighted by molar-refractivity contribution is 7.92. The van der Waals surface area contributed by atoms with Crippen LogP contribution in [0, 0.1) is 0 Å². The maximum Gasteiger partial charge on any atom is 0.308 e. The summed E-state index contributed by atoms with van der Waals surface area (Å²) in [4.78, 5) is 3.59. The lowest BCUT2D eigenvalue weighted by atomic mass is 11.0. The molecule has 0 aliphatic heterocycles. The fourth-order valence-electron chi connectivity index (χ4n) is 0.479. The Morgan fingerprint density at radius 3 is 3.00 bits per heavy atom. The Balaban J connectivity index is 0.00000121. The summed E-state index contributed by atoms with van der Waals surface area (Å²) in [5, 5.41) is 0. The van der Waals surface area contributed by atoms with Gasteiger partial charge in [0.1, 0.15) is 6.26 Å². The Bertz CT molecular complexity index is 307. The third kappa shape index (κ3) is 2.23. The van der Waals surface area contributed by atoms with Crippen molar-refractivity contribution in [2.24, 2.45) is 0 Å². The molecule has 0 atom stereocenters. The summed E-state index contributed by atoms with van der Waals surface area (Å²) in [6.07, 6.45) is 2.67. The molecule has 0 radical (unpaired) electrons. The van der Waals surface area contributed by atoms with Gasteiger partial charge in [0.15, 0.2) is 0 Å². The number of nitrogens with one attached hydrogen (secondary N) is 1. The summed E-state index contributed by atoms with van der Waals surface area (Å²) < 4.78 is 28.5. The number of rotatable bonds is 3. The largest absolute Gasteiger partial charge is 0.432 e. The monoisotopic (exact) mass is 178 g/mol. The molecule has 0 saturated heterocycles. The van der Waals surface area contributed by atoms with Gasteiger partial charge in [-0.1, -0.05) is 0 Å². The van der Waals surface area contributed by atoms with Gasteiger partial charge in [0.2, 0.25) is 10.0 Å². The molecule has 1 aromatic rings. The summed E-state index contributed by atoms with van der Waals surface area (Å²) in [5.74, 6) is 0.00931. The molecule has 0 aromatic carbocycles. The first-order valence-corrected chi connectivity index (χ1v) is 4.69. The first kappa shape index (κ1) is 8.06. The maximum atomic E-state index is 10.9. The molecule has 0 amide bonds. The van der Waals surface area contributed by atoms with Crippen molar-refractivity contribution in [1.29, 1.82) is 0 Å². The van der Waals surface area contributed by atoms with Gasteiger partial charge in [-0.05, 0) is 6.92 Å². The minimum absolute atomic E-state index is 0. The number of anilines is 1. The van der Waals surface area contributed by atoms with Crippen molar-refractivity contribution in [1.82, 2.24) is 4.98 Å². The van der Waals surface area contributed by atoms with E-state index >= 15 is 0 Å². The Hall–Kier alpha value is -1.04. The van der Waals surface area contributed by atoms with Crippen LogP contribution in [0.1, 0.15) is 8.35 Å². The first-order chi connectivity index (χ1) is 5.14. The van der Waals surface area contributed by atoms with Gasteiger partial charge in [-0.25, -0.2) is 18.1 Å². The lowest BCUT2D eigenvalue weighted by Crippen LogP contribution is -2.14. The van der Waals surface area contributed by atoms with Gasteiger partial charge in [-0.3, -0.25) is 0 Å². The molecule has 64 valence electrons. The van der Waals surface area contributed by atoms with E-state index in [1.165, 1.54) is 19.4 Å². The number of sulfonamides is 1. The van der Waals surface area contributed by atoms with E-state index in [1.807, 2.05) is 0 Å². The molecule has 11 heavy (non-hydrogen) atoms. The highest BCUT2D eigenvalue weighted by Crippen LogP contribution is 2.03. The number of oxazole rings is 1. The van der Waals surface area contributed by atoms with Gasteiger partial charge in [0.25, 0.3) is 0 Å². The van der Waals surface area contributed by atoms with Crippen LogP contribution in [0.5, 0.6) is 0 Å². The number of hydrogen-bond donors (Lipinski definition) is 1. The highest BCUT2D eigenvalue weighted by Gasteiger charge is 2.08. The summed E-state index contributed by atoms with van der Waals surface area (Å²) in [7, 11) is -3.25. The SMILES string of the molecule is CCS(=O)(=O)Nc1ncco1.[HH]. The third-order valence-electron chi connectivity index (χ3n) is 1.06. The topological polar surface area (TPSA) is 72.2 Å². The van der Waals surface area contributed by atoms with Crippen molar-refractivity contribution in [3.05, 3.63) is 12.5 Å². The van der Waals surface area contributed by atoms with Crippen molar-refractivity contribution < 1.29 is 14.3 Å². The predicted octanol–water partition coefficient (Wildman–Crippen LogP) is 0.682. The van der Waals surface area contributed by atoms with Crippen molar-refractivity contribution in [2.45, 2.75) is 6.92 Å². The normalized spacial score (nSPS) is 11.4. The van der Waals surface area contributed by atoms with Gasteiger partial charge < -0.3 is 4.42 Å². The molecule has 0 spiro atoms. The molecule has 1 rings (SSSR count). The summed E-state index contributed by atoms with van der Waals surface area (Å²) >= 11 is 0. The molecule has 1 N–H and O–H groups in total. The van der Waals surface area contributed by atoms with Crippen LogP contribution in [0.15, 0.2) is 16.9 Å². The maximum absolute atomic E-state index is 10.9. The molecule has 0 unspecified atom stereocenters. The molecule has 0 fully saturated rings. The first-order valence-electron chi connectivity index (χ1n) is 3.04. The quantitative estimate of drug-likeness (QED) is 0.738. The van der Waals surface area contributed by atoms with Crippen LogP contribution in [-0.2, 0) is 10.0 Å². The summed E-state index contributed by atoms with van der Waals surface area (Å²) in [5.41, 5.74) is 0. The van der Waals surface area contributed by atoms with E-state index in [2.05, 4.69) is 14.1 Å². The Morgan fingerprint density at radius 1 is 1.82 bits per heavy atom.